The zero-order chi connectivity index (χ0) is 12.0. The molecule has 0 radical (unpaired) electrons. The standard InChI is InChI=1S/C14H19NO/c1-4-8-13(15-14(16)11(2)3)12-9-6-5-7-10-12/h5-7,9-10,13H,2,4,8H2,1,3H3,(H,15,16). The zero-order valence-electron chi connectivity index (χ0n) is 9.99. The van der Waals surface area contributed by atoms with E-state index in [2.05, 4.69) is 18.8 Å². The summed E-state index contributed by atoms with van der Waals surface area (Å²) in [6.07, 6.45) is 1.99. The lowest BCUT2D eigenvalue weighted by Gasteiger charge is -2.18. The Kier molecular flexibility index (Phi) is 4.77. The Bertz CT molecular complexity index is 356. The summed E-state index contributed by atoms with van der Waals surface area (Å²) in [6, 6.07) is 10.1. The van der Waals surface area contributed by atoms with Crippen LogP contribution >= 0.6 is 0 Å². The van der Waals surface area contributed by atoms with Crippen molar-refractivity contribution in [1.82, 2.24) is 5.32 Å². The van der Waals surface area contributed by atoms with E-state index in [9.17, 15) is 4.79 Å². The van der Waals surface area contributed by atoms with Crippen LogP contribution < -0.4 is 5.32 Å². The van der Waals surface area contributed by atoms with Gasteiger partial charge in [-0.2, -0.15) is 0 Å². The van der Waals surface area contributed by atoms with E-state index in [-0.39, 0.29) is 11.9 Å². The molecule has 0 fully saturated rings. The number of benzene rings is 1. The predicted octanol–water partition coefficient (Wildman–Crippen LogP) is 3.22. The molecule has 0 spiro atoms. The maximum atomic E-state index is 11.6. The molecule has 86 valence electrons. The second-order valence-electron chi connectivity index (χ2n) is 4.01. The van der Waals surface area contributed by atoms with Crippen molar-refractivity contribution < 1.29 is 4.79 Å². The Morgan fingerprint density at radius 3 is 2.50 bits per heavy atom. The van der Waals surface area contributed by atoms with E-state index in [1.807, 2.05) is 30.3 Å². The molecule has 1 N–H and O–H groups in total. The van der Waals surface area contributed by atoms with Crippen molar-refractivity contribution in [1.29, 1.82) is 0 Å². The lowest BCUT2D eigenvalue weighted by Crippen LogP contribution is -2.28. The van der Waals surface area contributed by atoms with Crippen molar-refractivity contribution in [3.05, 3.63) is 48.0 Å². The third-order valence-corrected chi connectivity index (χ3v) is 2.47. The van der Waals surface area contributed by atoms with Crippen LogP contribution in [0.4, 0.5) is 0 Å². The molecule has 16 heavy (non-hydrogen) atoms. The van der Waals surface area contributed by atoms with Crippen molar-refractivity contribution >= 4 is 5.91 Å². The van der Waals surface area contributed by atoms with E-state index in [0.29, 0.717) is 5.57 Å². The van der Waals surface area contributed by atoms with Gasteiger partial charge in [0.25, 0.3) is 0 Å². The molecule has 1 aromatic rings. The second kappa shape index (κ2) is 6.11. The van der Waals surface area contributed by atoms with Crippen LogP contribution in [0.1, 0.15) is 38.3 Å². The average Bonchev–Trinajstić information content (AvgIpc) is 2.29. The minimum Gasteiger partial charge on any atom is -0.346 e. The van der Waals surface area contributed by atoms with Crippen LogP contribution in [0.2, 0.25) is 0 Å². The smallest absolute Gasteiger partial charge is 0.246 e. The minimum atomic E-state index is -0.0673. The van der Waals surface area contributed by atoms with Crippen molar-refractivity contribution in [2.75, 3.05) is 0 Å². The maximum Gasteiger partial charge on any atom is 0.246 e. The molecule has 0 aliphatic carbocycles. The Hall–Kier alpha value is -1.57. The van der Waals surface area contributed by atoms with Crippen LogP contribution in [0.3, 0.4) is 0 Å². The van der Waals surface area contributed by atoms with Gasteiger partial charge < -0.3 is 5.32 Å². The van der Waals surface area contributed by atoms with E-state index < -0.39 is 0 Å². The Labute approximate surface area is 97.4 Å². The molecule has 0 aliphatic rings. The van der Waals surface area contributed by atoms with Gasteiger partial charge in [0.2, 0.25) is 5.91 Å². The monoisotopic (exact) mass is 217 g/mol. The molecule has 0 saturated heterocycles. The quantitative estimate of drug-likeness (QED) is 0.754. The molecule has 1 amide bonds. The number of nitrogens with one attached hydrogen (secondary N) is 1. The lowest BCUT2D eigenvalue weighted by atomic mass is 10.0. The fourth-order valence-corrected chi connectivity index (χ4v) is 1.58. The number of hydrogen-bond acceptors (Lipinski definition) is 1. The molecular formula is C14H19NO. The SMILES string of the molecule is C=C(C)C(=O)NC(CCC)c1ccccc1. The highest BCUT2D eigenvalue weighted by molar-refractivity contribution is 5.92. The first-order valence-corrected chi connectivity index (χ1v) is 5.66. The molecule has 0 saturated carbocycles. The molecule has 2 heteroatoms. The summed E-state index contributed by atoms with van der Waals surface area (Å²) in [5, 5.41) is 3.00. The molecule has 0 aromatic heterocycles. The van der Waals surface area contributed by atoms with Gasteiger partial charge in [-0.05, 0) is 18.9 Å². The molecule has 1 unspecified atom stereocenters. The summed E-state index contributed by atoms with van der Waals surface area (Å²) in [5.41, 5.74) is 1.70. The maximum absolute atomic E-state index is 11.6. The first-order valence-electron chi connectivity index (χ1n) is 5.66. The van der Waals surface area contributed by atoms with Crippen LogP contribution in [0, 0.1) is 0 Å². The fraction of sp³-hybridized carbons (Fsp3) is 0.357. The first kappa shape index (κ1) is 12.5. The summed E-state index contributed by atoms with van der Waals surface area (Å²) in [7, 11) is 0. The van der Waals surface area contributed by atoms with Crippen molar-refractivity contribution in [3.63, 3.8) is 0 Å². The van der Waals surface area contributed by atoms with E-state index in [4.69, 9.17) is 0 Å². The molecule has 0 bridgehead atoms. The second-order valence-corrected chi connectivity index (χ2v) is 4.01. The molecule has 0 heterocycles. The van der Waals surface area contributed by atoms with E-state index in [0.717, 1.165) is 18.4 Å². The number of hydrogen-bond donors (Lipinski definition) is 1. The molecule has 2 nitrogen and oxygen atoms in total. The third kappa shape index (κ3) is 3.54. The Morgan fingerprint density at radius 2 is 2.00 bits per heavy atom. The number of rotatable bonds is 5. The minimum absolute atomic E-state index is 0.0673. The average molecular weight is 217 g/mol. The van der Waals surface area contributed by atoms with Gasteiger partial charge in [-0.25, -0.2) is 0 Å². The van der Waals surface area contributed by atoms with Crippen molar-refractivity contribution in [3.8, 4) is 0 Å². The summed E-state index contributed by atoms with van der Waals surface area (Å²) in [4.78, 5) is 11.6. The normalized spacial score (nSPS) is 11.9. The van der Waals surface area contributed by atoms with Crippen LogP contribution in [-0.2, 0) is 4.79 Å². The molecular weight excluding hydrogens is 198 g/mol. The van der Waals surface area contributed by atoms with Crippen LogP contribution in [-0.4, -0.2) is 5.91 Å². The molecule has 1 atom stereocenters. The Balaban J connectivity index is 2.76. The highest BCUT2D eigenvalue weighted by Gasteiger charge is 2.13. The molecule has 1 rings (SSSR count). The summed E-state index contributed by atoms with van der Waals surface area (Å²) < 4.78 is 0. The summed E-state index contributed by atoms with van der Waals surface area (Å²) >= 11 is 0. The van der Waals surface area contributed by atoms with Gasteiger partial charge in [0.15, 0.2) is 0 Å². The number of carbonyl (C=O) groups excluding carboxylic acids is 1. The predicted molar refractivity (Wildman–Crippen MR) is 67.0 cm³/mol. The highest BCUT2D eigenvalue weighted by atomic mass is 16.1. The lowest BCUT2D eigenvalue weighted by molar-refractivity contribution is -0.118. The van der Waals surface area contributed by atoms with Crippen molar-refractivity contribution in [2.24, 2.45) is 0 Å². The van der Waals surface area contributed by atoms with Crippen LogP contribution in [0.5, 0.6) is 0 Å². The highest BCUT2D eigenvalue weighted by Crippen LogP contribution is 2.18. The zero-order valence-corrected chi connectivity index (χ0v) is 9.99. The first-order chi connectivity index (χ1) is 7.65. The third-order valence-electron chi connectivity index (χ3n) is 2.47. The van der Waals surface area contributed by atoms with E-state index in [1.165, 1.54) is 0 Å². The number of carbonyl (C=O) groups is 1. The van der Waals surface area contributed by atoms with E-state index in [1.54, 1.807) is 6.92 Å². The topological polar surface area (TPSA) is 29.1 Å². The van der Waals surface area contributed by atoms with Crippen LogP contribution in [0.25, 0.3) is 0 Å². The van der Waals surface area contributed by atoms with Crippen molar-refractivity contribution in [2.45, 2.75) is 32.7 Å². The fourth-order valence-electron chi connectivity index (χ4n) is 1.58. The van der Waals surface area contributed by atoms with Gasteiger partial charge in [0.1, 0.15) is 0 Å². The van der Waals surface area contributed by atoms with Gasteiger partial charge in [-0.3, -0.25) is 4.79 Å². The largest absolute Gasteiger partial charge is 0.346 e. The molecule has 1 aromatic carbocycles. The van der Waals surface area contributed by atoms with Crippen LogP contribution in [0.15, 0.2) is 42.5 Å². The van der Waals surface area contributed by atoms with Gasteiger partial charge in [-0.15, -0.1) is 0 Å². The summed E-state index contributed by atoms with van der Waals surface area (Å²) in [5.74, 6) is -0.0673. The van der Waals surface area contributed by atoms with Gasteiger partial charge >= 0.3 is 0 Å². The van der Waals surface area contributed by atoms with Gasteiger partial charge in [0, 0.05) is 5.57 Å². The van der Waals surface area contributed by atoms with E-state index >= 15 is 0 Å². The number of amides is 1. The van der Waals surface area contributed by atoms with Gasteiger partial charge in [0.05, 0.1) is 6.04 Å². The summed E-state index contributed by atoms with van der Waals surface area (Å²) in [6.45, 7) is 7.49. The molecule has 0 aliphatic heterocycles. The van der Waals surface area contributed by atoms with Gasteiger partial charge in [-0.1, -0.05) is 50.3 Å². The Morgan fingerprint density at radius 1 is 1.38 bits per heavy atom.